The first-order chi connectivity index (χ1) is 12.9. The Morgan fingerprint density at radius 3 is 2.37 bits per heavy atom. The third-order valence-corrected chi connectivity index (χ3v) is 5.16. The van der Waals surface area contributed by atoms with Crippen LogP contribution in [-0.4, -0.2) is 30.5 Å². The Labute approximate surface area is 166 Å². The number of hydrogen-bond acceptors (Lipinski definition) is 3. The Bertz CT molecular complexity index is 1040. The Morgan fingerprint density at radius 1 is 1.11 bits per heavy atom. The second-order valence-corrected chi connectivity index (χ2v) is 6.85. The number of nitrogens with zero attached hydrogens (tertiary/aromatic N) is 1. The van der Waals surface area contributed by atoms with E-state index in [2.05, 4.69) is 5.32 Å². The summed E-state index contributed by atoms with van der Waals surface area (Å²) >= 11 is 12.5. The molecule has 0 saturated heterocycles. The van der Waals surface area contributed by atoms with E-state index in [4.69, 9.17) is 27.9 Å². The van der Waals surface area contributed by atoms with E-state index in [0.717, 1.165) is 0 Å². The van der Waals surface area contributed by atoms with Crippen LogP contribution in [0.3, 0.4) is 0 Å². The topological polar surface area (TPSA) is 60.3 Å². The highest BCUT2D eigenvalue weighted by molar-refractivity contribution is 6.37. The summed E-state index contributed by atoms with van der Waals surface area (Å²) in [5, 5.41) is 4.17. The molecule has 1 heterocycles. The van der Waals surface area contributed by atoms with Crippen molar-refractivity contribution in [2.75, 3.05) is 14.2 Å². The Kier molecular flexibility index (Phi) is 5.44. The summed E-state index contributed by atoms with van der Waals surface area (Å²) in [4.78, 5) is 25.2. The summed E-state index contributed by atoms with van der Waals surface area (Å²) in [5.41, 5.74) is 2.45. The van der Waals surface area contributed by atoms with E-state index in [0.29, 0.717) is 43.5 Å². The summed E-state index contributed by atoms with van der Waals surface area (Å²) in [7, 11) is 3.09. The number of carbonyl (C=O) groups is 2. The number of amides is 1. The van der Waals surface area contributed by atoms with Crippen LogP contribution in [0, 0.1) is 6.92 Å². The minimum atomic E-state index is -0.224. The number of halogens is 2. The van der Waals surface area contributed by atoms with E-state index in [1.54, 1.807) is 54.9 Å². The monoisotopic (exact) mass is 404 g/mol. The fraction of sp³-hybridized carbons (Fsp3) is 0.200. The second-order valence-electron chi connectivity index (χ2n) is 6.04. The number of ether oxygens (including phenoxy) is 1. The van der Waals surface area contributed by atoms with E-state index in [9.17, 15) is 9.59 Å². The Morgan fingerprint density at radius 2 is 1.78 bits per heavy atom. The Hall–Kier alpha value is -2.50. The maximum atomic E-state index is 13.2. The van der Waals surface area contributed by atoms with Crippen molar-refractivity contribution in [2.24, 2.45) is 0 Å². The summed E-state index contributed by atoms with van der Waals surface area (Å²) in [6, 6.07) is 10.1. The zero-order chi connectivity index (χ0) is 19.7. The van der Waals surface area contributed by atoms with E-state index in [-0.39, 0.29) is 18.2 Å². The summed E-state index contributed by atoms with van der Waals surface area (Å²) in [6.07, 6.45) is 0.104. The molecule has 0 radical (unpaired) electrons. The van der Waals surface area contributed by atoms with Gasteiger partial charge in [-0.2, -0.15) is 0 Å². The molecule has 0 saturated carbocycles. The molecule has 0 spiro atoms. The van der Waals surface area contributed by atoms with Gasteiger partial charge in [-0.3, -0.25) is 14.2 Å². The SMILES string of the molecule is CNC(=O)Cc1c(C)n(C(=O)c2ccc(Cl)cc2)c2ccc(OC)c(Cl)c12. The summed E-state index contributed by atoms with van der Waals surface area (Å²) in [5.74, 6) is 0.0898. The molecule has 2 aromatic carbocycles. The van der Waals surface area contributed by atoms with Gasteiger partial charge < -0.3 is 10.1 Å². The van der Waals surface area contributed by atoms with Gasteiger partial charge in [0.05, 0.1) is 24.1 Å². The first-order valence-electron chi connectivity index (χ1n) is 8.26. The van der Waals surface area contributed by atoms with Gasteiger partial charge >= 0.3 is 0 Å². The fourth-order valence-electron chi connectivity index (χ4n) is 3.12. The average Bonchev–Trinajstić information content (AvgIpc) is 2.94. The maximum absolute atomic E-state index is 13.2. The molecule has 1 N–H and O–H groups in total. The predicted octanol–water partition coefficient (Wildman–Crippen LogP) is 4.24. The van der Waals surface area contributed by atoms with E-state index >= 15 is 0 Å². The van der Waals surface area contributed by atoms with Crippen LogP contribution in [0.4, 0.5) is 0 Å². The lowest BCUT2D eigenvalue weighted by Gasteiger charge is -2.08. The van der Waals surface area contributed by atoms with Crippen LogP contribution in [-0.2, 0) is 11.2 Å². The number of carbonyl (C=O) groups excluding carboxylic acids is 2. The van der Waals surface area contributed by atoms with Crippen molar-refractivity contribution in [3.8, 4) is 5.75 Å². The van der Waals surface area contributed by atoms with Crippen LogP contribution in [0.5, 0.6) is 5.75 Å². The number of aromatic nitrogens is 1. The van der Waals surface area contributed by atoms with Gasteiger partial charge in [0.25, 0.3) is 5.91 Å². The maximum Gasteiger partial charge on any atom is 0.262 e. The predicted molar refractivity (Wildman–Crippen MR) is 107 cm³/mol. The van der Waals surface area contributed by atoms with Crippen LogP contribution in [0.2, 0.25) is 10.0 Å². The summed E-state index contributed by atoms with van der Waals surface area (Å²) < 4.78 is 6.88. The number of hydrogen-bond donors (Lipinski definition) is 1. The molecule has 3 rings (SSSR count). The third kappa shape index (κ3) is 3.40. The first-order valence-corrected chi connectivity index (χ1v) is 9.01. The van der Waals surface area contributed by atoms with Crippen LogP contribution >= 0.6 is 23.2 Å². The third-order valence-electron chi connectivity index (χ3n) is 4.53. The number of benzene rings is 2. The van der Waals surface area contributed by atoms with Gasteiger partial charge in [0.1, 0.15) is 5.75 Å². The van der Waals surface area contributed by atoms with Crippen molar-refractivity contribution in [1.82, 2.24) is 9.88 Å². The highest BCUT2D eigenvalue weighted by Crippen LogP contribution is 2.38. The van der Waals surface area contributed by atoms with E-state index in [1.165, 1.54) is 7.11 Å². The zero-order valence-electron chi connectivity index (χ0n) is 15.1. The van der Waals surface area contributed by atoms with Crippen molar-refractivity contribution < 1.29 is 14.3 Å². The molecule has 140 valence electrons. The van der Waals surface area contributed by atoms with Gasteiger partial charge in [0.2, 0.25) is 5.91 Å². The summed E-state index contributed by atoms with van der Waals surface area (Å²) in [6.45, 7) is 1.80. The number of methoxy groups -OCH3 is 1. The number of likely N-dealkylation sites (N-methyl/N-ethyl adjacent to an activating group) is 1. The number of nitrogens with one attached hydrogen (secondary N) is 1. The Balaban J connectivity index is 2.28. The van der Waals surface area contributed by atoms with Gasteiger partial charge in [0, 0.05) is 28.7 Å². The molecule has 27 heavy (non-hydrogen) atoms. The molecular weight excluding hydrogens is 387 g/mol. The van der Waals surface area contributed by atoms with Crippen LogP contribution in [0.25, 0.3) is 10.9 Å². The molecule has 1 amide bonds. The lowest BCUT2D eigenvalue weighted by molar-refractivity contribution is -0.119. The molecule has 7 heteroatoms. The molecule has 0 aliphatic rings. The van der Waals surface area contributed by atoms with Crippen molar-refractivity contribution in [1.29, 1.82) is 0 Å². The highest BCUT2D eigenvalue weighted by Gasteiger charge is 2.24. The number of rotatable bonds is 4. The molecule has 0 fully saturated rings. The van der Waals surface area contributed by atoms with Gasteiger partial charge in [-0.05, 0) is 48.9 Å². The lowest BCUT2D eigenvalue weighted by atomic mass is 10.1. The van der Waals surface area contributed by atoms with Crippen molar-refractivity contribution in [3.05, 3.63) is 63.3 Å². The quantitative estimate of drug-likeness (QED) is 0.706. The molecule has 0 aliphatic carbocycles. The molecule has 0 bridgehead atoms. The minimum Gasteiger partial charge on any atom is -0.495 e. The first kappa shape index (κ1) is 19.3. The smallest absolute Gasteiger partial charge is 0.262 e. The minimum absolute atomic E-state index is 0.104. The van der Waals surface area contributed by atoms with E-state index in [1.807, 2.05) is 0 Å². The standard InChI is InChI=1S/C20H18Cl2N2O3/c1-11-14(10-17(25)23-2)18-15(8-9-16(27-3)19(18)22)24(11)20(26)12-4-6-13(21)7-5-12/h4-9H,10H2,1-3H3,(H,23,25). The van der Waals surface area contributed by atoms with E-state index < -0.39 is 0 Å². The molecular formula is C20H18Cl2N2O3. The molecule has 0 unspecified atom stereocenters. The fourth-order valence-corrected chi connectivity index (χ4v) is 3.60. The second kappa shape index (κ2) is 7.62. The normalized spacial score (nSPS) is 10.9. The van der Waals surface area contributed by atoms with Crippen LogP contribution < -0.4 is 10.1 Å². The van der Waals surface area contributed by atoms with Gasteiger partial charge in [-0.1, -0.05) is 23.2 Å². The molecule has 0 aliphatic heterocycles. The molecule has 1 aromatic heterocycles. The van der Waals surface area contributed by atoms with Gasteiger partial charge in [-0.15, -0.1) is 0 Å². The molecule has 0 atom stereocenters. The number of fused-ring (bicyclic) bond motifs is 1. The largest absolute Gasteiger partial charge is 0.495 e. The van der Waals surface area contributed by atoms with Gasteiger partial charge in [-0.25, -0.2) is 0 Å². The van der Waals surface area contributed by atoms with Crippen LogP contribution in [0.1, 0.15) is 21.6 Å². The van der Waals surface area contributed by atoms with Crippen molar-refractivity contribution in [2.45, 2.75) is 13.3 Å². The molecule has 3 aromatic rings. The zero-order valence-corrected chi connectivity index (χ0v) is 16.6. The lowest BCUT2D eigenvalue weighted by Crippen LogP contribution is -2.20. The average molecular weight is 405 g/mol. The highest BCUT2D eigenvalue weighted by atomic mass is 35.5. The molecule has 5 nitrogen and oxygen atoms in total. The van der Waals surface area contributed by atoms with Crippen molar-refractivity contribution >= 4 is 45.9 Å². The van der Waals surface area contributed by atoms with Crippen LogP contribution in [0.15, 0.2) is 36.4 Å². The van der Waals surface area contributed by atoms with Crippen molar-refractivity contribution in [3.63, 3.8) is 0 Å². The van der Waals surface area contributed by atoms with Gasteiger partial charge in [0.15, 0.2) is 0 Å².